The first-order valence-electron chi connectivity index (χ1n) is 17.1. The Kier molecular flexibility index (Phi) is 7.64. The highest BCUT2D eigenvalue weighted by Gasteiger charge is 2.49. The second-order valence-corrected chi connectivity index (χ2v) is 18.6. The Morgan fingerprint density at radius 3 is 2.57 bits per heavy atom. The van der Waals surface area contributed by atoms with Crippen LogP contribution in [0.5, 0.6) is 0 Å². The summed E-state index contributed by atoms with van der Waals surface area (Å²) in [6.45, 7) is 4.37. The molecule has 1 N–H and O–H groups in total. The second-order valence-electron chi connectivity index (χ2n) is 14.7. The second kappa shape index (κ2) is 11.5. The molecule has 2 atom stereocenters. The number of halogens is 3. The van der Waals surface area contributed by atoms with E-state index >= 15 is 0 Å². The van der Waals surface area contributed by atoms with E-state index in [1.54, 1.807) is 18.6 Å². The van der Waals surface area contributed by atoms with E-state index < -0.39 is 27.5 Å². The molecule has 4 aromatic rings. The molecule has 4 fully saturated rings. The highest BCUT2D eigenvalue weighted by atomic mass is 32.3. The van der Waals surface area contributed by atoms with Gasteiger partial charge in [0.2, 0.25) is 0 Å². The minimum Gasteiger partial charge on any atom is -0.320 e. The predicted molar refractivity (Wildman–Crippen MR) is 179 cm³/mol. The molecular weight excluding hydrogens is 623 g/mol. The van der Waals surface area contributed by atoms with Crippen LogP contribution in [0.2, 0.25) is 0 Å². The first-order valence-corrected chi connectivity index (χ1v) is 19.3. The van der Waals surface area contributed by atoms with Crippen LogP contribution in [-0.2, 0) is 25.2 Å². The summed E-state index contributed by atoms with van der Waals surface area (Å²) in [4.78, 5) is 16.3. The first-order chi connectivity index (χ1) is 22.6. The number of nitrogens with one attached hydrogen (secondary N) is 1. The third kappa shape index (κ3) is 5.25. The van der Waals surface area contributed by atoms with E-state index in [-0.39, 0.29) is 10.9 Å². The van der Waals surface area contributed by atoms with Crippen LogP contribution in [0.15, 0.2) is 53.8 Å². The molecule has 252 valence electrons. The molecule has 12 heteroatoms. The van der Waals surface area contributed by atoms with Gasteiger partial charge in [-0.25, -0.2) is 14.8 Å². The fourth-order valence-corrected chi connectivity index (χ4v) is 14.1. The lowest BCUT2D eigenvalue weighted by molar-refractivity contribution is -0.136. The Balaban J connectivity index is 1.13. The lowest BCUT2D eigenvalue weighted by Crippen LogP contribution is -2.48. The van der Waals surface area contributed by atoms with Crippen molar-refractivity contribution in [2.24, 2.45) is 13.0 Å². The summed E-state index contributed by atoms with van der Waals surface area (Å²) in [5.41, 5.74) is 0.303. The molecule has 3 saturated heterocycles. The van der Waals surface area contributed by atoms with Crippen molar-refractivity contribution < 1.29 is 13.2 Å². The molecule has 47 heavy (non-hydrogen) atoms. The van der Waals surface area contributed by atoms with Crippen LogP contribution in [0, 0.1) is 5.92 Å². The van der Waals surface area contributed by atoms with Gasteiger partial charge in [-0.15, -0.1) is 10.2 Å². The average Bonchev–Trinajstić information content (AvgIpc) is 3.65. The molecular formula is C35H44F3N7OS. The van der Waals surface area contributed by atoms with Gasteiger partial charge in [0.1, 0.15) is 12.2 Å². The van der Waals surface area contributed by atoms with Crippen LogP contribution in [0.3, 0.4) is 0 Å². The standard InChI is InChI=1S/C35H44F3N7OS/c1-24-16-34(17-24,32-41-40-22-42(32)2)26-8-7-9-27(15-26)44-20-30-28(35(36,37)38)14-25(19-45(30)33(44)46)18-43-11-10-29-31(21-43)47(23-39-29)12-5-3-4-6-13-47/h7-9,14-15,19-20,22,24,29,31,39H,3-6,10-13,16-18,21,23H2,1-2H3/t24-,29?,31?,34-. The van der Waals surface area contributed by atoms with Crippen LogP contribution in [0.4, 0.5) is 13.2 Å². The Morgan fingerprint density at radius 2 is 1.87 bits per heavy atom. The Hall–Kier alpha value is -3.09. The molecule has 8 nitrogen and oxygen atoms in total. The summed E-state index contributed by atoms with van der Waals surface area (Å²) in [5.74, 6) is 5.14. The molecule has 8 rings (SSSR count). The zero-order valence-corrected chi connectivity index (χ0v) is 28.0. The van der Waals surface area contributed by atoms with Crippen molar-refractivity contribution in [3.63, 3.8) is 0 Å². The van der Waals surface area contributed by atoms with Crippen molar-refractivity contribution >= 4 is 15.5 Å². The van der Waals surface area contributed by atoms with E-state index in [2.05, 4.69) is 27.3 Å². The number of piperidine rings is 1. The van der Waals surface area contributed by atoms with Crippen LogP contribution in [0.25, 0.3) is 11.2 Å². The topological polar surface area (TPSA) is 72.4 Å². The summed E-state index contributed by atoms with van der Waals surface area (Å²) in [6.07, 6.45) is 8.09. The molecule has 1 spiro atoms. The van der Waals surface area contributed by atoms with Gasteiger partial charge in [-0.2, -0.15) is 13.2 Å². The highest BCUT2D eigenvalue weighted by Crippen LogP contribution is 2.60. The van der Waals surface area contributed by atoms with Gasteiger partial charge in [0, 0.05) is 56.2 Å². The molecule has 0 radical (unpaired) electrons. The van der Waals surface area contributed by atoms with E-state index in [4.69, 9.17) is 0 Å². The van der Waals surface area contributed by atoms with Gasteiger partial charge < -0.3 is 9.88 Å². The summed E-state index contributed by atoms with van der Waals surface area (Å²) >= 11 is 0. The number of aryl methyl sites for hydroxylation is 1. The van der Waals surface area contributed by atoms with Crippen LogP contribution >= 0.6 is 10.0 Å². The third-order valence-corrected chi connectivity index (χ3v) is 16.2. The maximum Gasteiger partial charge on any atom is 0.418 e. The maximum atomic E-state index is 14.6. The van der Waals surface area contributed by atoms with E-state index in [9.17, 15) is 18.0 Å². The minimum atomic E-state index is -4.60. The lowest BCUT2D eigenvalue weighted by atomic mass is 9.58. The van der Waals surface area contributed by atoms with Crippen molar-refractivity contribution in [3.8, 4) is 5.69 Å². The monoisotopic (exact) mass is 667 g/mol. The van der Waals surface area contributed by atoms with E-state index in [0.29, 0.717) is 35.0 Å². The number of rotatable bonds is 5. The molecule has 4 aliphatic rings. The molecule has 1 saturated carbocycles. The van der Waals surface area contributed by atoms with Gasteiger partial charge in [-0.05, 0) is 78.9 Å². The average molecular weight is 668 g/mol. The number of hydrogen-bond donors (Lipinski definition) is 1. The summed E-state index contributed by atoms with van der Waals surface area (Å²) in [7, 11) is 1.17. The Bertz CT molecular complexity index is 1850. The molecule has 1 aromatic carbocycles. The molecule has 0 bridgehead atoms. The smallest absolute Gasteiger partial charge is 0.320 e. The molecule has 0 amide bonds. The number of pyridine rings is 1. The van der Waals surface area contributed by atoms with E-state index in [1.807, 2.05) is 29.8 Å². The minimum absolute atomic E-state index is 0.127. The zero-order valence-electron chi connectivity index (χ0n) is 27.2. The van der Waals surface area contributed by atoms with Crippen molar-refractivity contribution in [2.45, 2.75) is 81.3 Å². The Morgan fingerprint density at radius 1 is 1.09 bits per heavy atom. The molecule has 6 heterocycles. The van der Waals surface area contributed by atoms with Gasteiger partial charge in [-0.1, -0.05) is 31.9 Å². The fourth-order valence-electron chi connectivity index (χ4n) is 9.28. The lowest BCUT2D eigenvalue weighted by Gasteiger charge is -2.46. The zero-order chi connectivity index (χ0) is 32.6. The van der Waals surface area contributed by atoms with E-state index in [1.165, 1.54) is 58.4 Å². The summed E-state index contributed by atoms with van der Waals surface area (Å²) < 4.78 is 48.4. The molecule has 1 aliphatic carbocycles. The number of aromatic nitrogens is 5. The number of benzene rings is 1. The number of nitrogens with zero attached hydrogens (tertiary/aromatic N) is 6. The van der Waals surface area contributed by atoms with Crippen molar-refractivity contribution in [2.75, 3.05) is 30.5 Å². The number of likely N-dealkylation sites (tertiary alicyclic amines) is 1. The normalized spacial score (nSPS) is 28.7. The molecule has 2 unspecified atom stereocenters. The predicted octanol–water partition coefficient (Wildman–Crippen LogP) is 5.84. The van der Waals surface area contributed by atoms with Crippen LogP contribution in [0.1, 0.15) is 74.4 Å². The number of hydrogen-bond acceptors (Lipinski definition) is 5. The van der Waals surface area contributed by atoms with Gasteiger partial charge in [0.25, 0.3) is 0 Å². The third-order valence-electron chi connectivity index (χ3n) is 11.5. The quantitative estimate of drug-likeness (QED) is 0.290. The van der Waals surface area contributed by atoms with Gasteiger partial charge in [-0.3, -0.25) is 13.9 Å². The van der Waals surface area contributed by atoms with Crippen molar-refractivity contribution in [3.05, 3.63) is 82.1 Å². The van der Waals surface area contributed by atoms with Gasteiger partial charge in [0.15, 0.2) is 0 Å². The van der Waals surface area contributed by atoms with Gasteiger partial charge >= 0.3 is 11.9 Å². The fraction of sp³-hybridized carbons (Fsp3) is 0.571. The van der Waals surface area contributed by atoms with Gasteiger partial charge in [0.05, 0.1) is 22.2 Å². The van der Waals surface area contributed by atoms with Crippen LogP contribution in [-0.4, -0.2) is 70.4 Å². The van der Waals surface area contributed by atoms with Crippen molar-refractivity contribution in [1.82, 2.24) is 33.9 Å². The Labute approximate surface area is 274 Å². The van der Waals surface area contributed by atoms with E-state index in [0.717, 1.165) is 49.6 Å². The summed E-state index contributed by atoms with van der Waals surface area (Å²) in [5, 5.41) is 13.0. The highest BCUT2D eigenvalue weighted by molar-refractivity contribution is 8.34. The SMILES string of the molecule is Cn1cnnc1[C@]1(c2cccc(-n3cc4c(C(F)(F)F)cc(CN5CCC6NCS7(CCCCCC7)C6C5)cn4c3=O)c2)C[C@@H](C)C1. The number of fused-ring (bicyclic) bond motifs is 3. The first kappa shape index (κ1) is 31.2. The number of imidazole rings is 1. The maximum absolute atomic E-state index is 14.6. The summed E-state index contributed by atoms with van der Waals surface area (Å²) in [6, 6.07) is 9.41. The van der Waals surface area contributed by atoms with Crippen molar-refractivity contribution in [1.29, 1.82) is 0 Å². The molecule has 3 aliphatic heterocycles. The molecule has 3 aromatic heterocycles. The number of alkyl halides is 3. The largest absolute Gasteiger partial charge is 0.418 e. The van der Waals surface area contributed by atoms with Crippen LogP contribution < -0.4 is 11.0 Å².